The quantitative estimate of drug-likeness (QED) is 0.823. The number of carbonyl (C=O) groups excluding carboxylic acids is 1. The number of hydrogen-bond acceptors (Lipinski definition) is 5. The summed E-state index contributed by atoms with van der Waals surface area (Å²) in [6.07, 6.45) is 0. The molecule has 2 heterocycles. The number of aryl methyl sites for hydroxylation is 1. The minimum Gasteiger partial charge on any atom is -0.363 e. The summed E-state index contributed by atoms with van der Waals surface area (Å²) in [5.41, 5.74) is -0.0598. The standard InChI is InChI=1S/C18H21ClFN5O/c1-12-21-15(23(2)3)11-16(22-12)24-7-9-25(10-8-24)18(26)17-13(19)5-4-6-14(17)20/h4-6,11H,7-10H2,1-3H3. The molecule has 1 saturated heterocycles. The third-order valence-corrected chi connectivity index (χ3v) is 4.65. The fourth-order valence-corrected chi connectivity index (χ4v) is 3.17. The number of aromatic nitrogens is 2. The molecule has 0 unspecified atom stereocenters. The molecular weight excluding hydrogens is 357 g/mol. The number of amides is 1. The van der Waals surface area contributed by atoms with E-state index < -0.39 is 5.82 Å². The Morgan fingerprint density at radius 1 is 1.19 bits per heavy atom. The van der Waals surface area contributed by atoms with E-state index in [1.165, 1.54) is 18.2 Å². The van der Waals surface area contributed by atoms with Crippen molar-refractivity contribution in [2.45, 2.75) is 6.92 Å². The Balaban J connectivity index is 1.73. The minimum absolute atomic E-state index is 0.0598. The predicted octanol–water partition coefficient (Wildman–Crippen LogP) is 2.61. The molecule has 138 valence electrons. The zero-order chi connectivity index (χ0) is 18.8. The number of piperazine rings is 1. The van der Waals surface area contributed by atoms with Crippen molar-refractivity contribution in [3.8, 4) is 0 Å². The first-order valence-corrected chi connectivity index (χ1v) is 8.76. The van der Waals surface area contributed by atoms with E-state index in [0.717, 1.165) is 11.6 Å². The van der Waals surface area contributed by atoms with Crippen LogP contribution >= 0.6 is 11.6 Å². The van der Waals surface area contributed by atoms with Gasteiger partial charge in [-0.1, -0.05) is 17.7 Å². The second-order valence-electron chi connectivity index (χ2n) is 6.40. The molecule has 1 amide bonds. The molecule has 0 spiro atoms. The van der Waals surface area contributed by atoms with E-state index in [1.54, 1.807) is 4.90 Å². The zero-order valence-corrected chi connectivity index (χ0v) is 15.8. The van der Waals surface area contributed by atoms with Gasteiger partial charge in [-0.15, -0.1) is 0 Å². The van der Waals surface area contributed by atoms with Crippen molar-refractivity contribution in [2.75, 3.05) is 50.1 Å². The van der Waals surface area contributed by atoms with E-state index in [1.807, 2.05) is 32.0 Å². The summed E-state index contributed by atoms with van der Waals surface area (Å²) in [5, 5.41) is 0.138. The summed E-state index contributed by atoms with van der Waals surface area (Å²) in [6, 6.07) is 6.20. The van der Waals surface area contributed by atoms with Crippen LogP contribution in [0.5, 0.6) is 0 Å². The lowest BCUT2D eigenvalue weighted by Gasteiger charge is -2.36. The van der Waals surface area contributed by atoms with Gasteiger partial charge in [0, 0.05) is 46.3 Å². The summed E-state index contributed by atoms with van der Waals surface area (Å²) < 4.78 is 14.0. The van der Waals surface area contributed by atoms with Crippen LogP contribution in [0.2, 0.25) is 5.02 Å². The molecule has 0 atom stereocenters. The highest BCUT2D eigenvalue weighted by Gasteiger charge is 2.26. The molecule has 0 aliphatic carbocycles. The van der Waals surface area contributed by atoms with Gasteiger partial charge in [-0.25, -0.2) is 14.4 Å². The Labute approximate surface area is 157 Å². The fraction of sp³-hybridized carbons (Fsp3) is 0.389. The Morgan fingerprint density at radius 3 is 2.50 bits per heavy atom. The zero-order valence-electron chi connectivity index (χ0n) is 15.0. The first-order chi connectivity index (χ1) is 12.4. The van der Waals surface area contributed by atoms with Gasteiger partial charge in [0.15, 0.2) is 0 Å². The van der Waals surface area contributed by atoms with Gasteiger partial charge < -0.3 is 14.7 Å². The van der Waals surface area contributed by atoms with Crippen LogP contribution in [-0.2, 0) is 0 Å². The van der Waals surface area contributed by atoms with Gasteiger partial charge in [-0.3, -0.25) is 4.79 Å². The molecule has 2 aromatic rings. The van der Waals surface area contributed by atoms with E-state index in [-0.39, 0.29) is 16.5 Å². The highest BCUT2D eigenvalue weighted by atomic mass is 35.5. The third-order valence-electron chi connectivity index (χ3n) is 4.34. The average molecular weight is 378 g/mol. The summed E-state index contributed by atoms with van der Waals surface area (Å²) in [4.78, 5) is 27.2. The van der Waals surface area contributed by atoms with E-state index >= 15 is 0 Å². The second kappa shape index (κ2) is 7.45. The smallest absolute Gasteiger partial charge is 0.258 e. The monoisotopic (exact) mass is 377 g/mol. The fourth-order valence-electron chi connectivity index (χ4n) is 2.93. The van der Waals surface area contributed by atoms with E-state index in [9.17, 15) is 9.18 Å². The topological polar surface area (TPSA) is 52.6 Å². The second-order valence-corrected chi connectivity index (χ2v) is 6.81. The van der Waals surface area contributed by atoms with Gasteiger partial charge in [0.25, 0.3) is 5.91 Å². The highest BCUT2D eigenvalue weighted by Crippen LogP contribution is 2.23. The lowest BCUT2D eigenvalue weighted by molar-refractivity contribution is 0.0742. The number of nitrogens with zero attached hydrogens (tertiary/aromatic N) is 5. The van der Waals surface area contributed by atoms with E-state index in [4.69, 9.17) is 11.6 Å². The number of rotatable bonds is 3. The van der Waals surface area contributed by atoms with Crippen molar-refractivity contribution in [1.82, 2.24) is 14.9 Å². The SMILES string of the molecule is Cc1nc(N(C)C)cc(N2CCN(C(=O)c3c(F)cccc3Cl)CC2)n1. The van der Waals surface area contributed by atoms with Crippen molar-refractivity contribution in [2.24, 2.45) is 0 Å². The molecule has 1 aliphatic heterocycles. The Kier molecular flexibility index (Phi) is 5.27. The van der Waals surface area contributed by atoms with Gasteiger partial charge in [-0.05, 0) is 19.1 Å². The molecule has 1 aliphatic rings. The first kappa shape index (κ1) is 18.4. The molecule has 3 rings (SSSR count). The lowest BCUT2D eigenvalue weighted by atomic mass is 10.1. The molecule has 0 radical (unpaired) electrons. The maximum Gasteiger partial charge on any atom is 0.258 e. The molecule has 1 fully saturated rings. The van der Waals surface area contributed by atoms with E-state index in [2.05, 4.69) is 14.9 Å². The molecule has 6 nitrogen and oxygen atoms in total. The van der Waals surface area contributed by atoms with Crippen molar-refractivity contribution in [3.05, 3.63) is 46.5 Å². The maximum atomic E-state index is 14.0. The van der Waals surface area contributed by atoms with Gasteiger partial charge in [0.1, 0.15) is 23.3 Å². The summed E-state index contributed by atoms with van der Waals surface area (Å²) in [7, 11) is 3.86. The number of halogens is 2. The summed E-state index contributed by atoms with van der Waals surface area (Å²) in [5.74, 6) is 1.40. The summed E-state index contributed by atoms with van der Waals surface area (Å²) in [6.45, 7) is 4.03. The van der Waals surface area contributed by atoms with Gasteiger partial charge >= 0.3 is 0 Å². The van der Waals surface area contributed by atoms with Crippen molar-refractivity contribution in [3.63, 3.8) is 0 Å². The van der Waals surface area contributed by atoms with Gasteiger partial charge in [0.05, 0.1) is 10.6 Å². The van der Waals surface area contributed by atoms with Gasteiger partial charge in [0.2, 0.25) is 0 Å². The van der Waals surface area contributed by atoms with Crippen LogP contribution in [0.3, 0.4) is 0 Å². The third kappa shape index (κ3) is 3.72. The van der Waals surface area contributed by atoms with Crippen LogP contribution in [0.4, 0.5) is 16.0 Å². The number of hydrogen-bond donors (Lipinski definition) is 0. The Hall–Kier alpha value is -2.41. The molecular formula is C18H21ClFN5O. The van der Waals surface area contributed by atoms with Crippen molar-refractivity contribution >= 4 is 29.1 Å². The first-order valence-electron chi connectivity index (χ1n) is 8.38. The normalized spacial score (nSPS) is 14.5. The maximum absolute atomic E-state index is 14.0. The highest BCUT2D eigenvalue weighted by molar-refractivity contribution is 6.33. The van der Waals surface area contributed by atoms with Gasteiger partial charge in [-0.2, -0.15) is 0 Å². The van der Waals surface area contributed by atoms with E-state index in [0.29, 0.717) is 32.0 Å². The molecule has 0 saturated carbocycles. The molecule has 0 N–H and O–H groups in total. The number of carbonyl (C=O) groups is 1. The van der Waals surface area contributed by atoms with Crippen molar-refractivity contribution < 1.29 is 9.18 Å². The lowest BCUT2D eigenvalue weighted by Crippen LogP contribution is -2.49. The largest absolute Gasteiger partial charge is 0.363 e. The van der Waals surface area contributed by atoms with Crippen LogP contribution in [0.25, 0.3) is 0 Å². The number of anilines is 2. The average Bonchev–Trinajstić information content (AvgIpc) is 2.61. The molecule has 0 bridgehead atoms. The number of benzene rings is 1. The van der Waals surface area contributed by atoms with Crippen molar-refractivity contribution in [1.29, 1.82) is 0 Å². The Morgan fingerprint density at radius 2 is 1.88 bits per heavy atom. The van der Waals surface area contributed by atoms with Crippen LogP contribution in [0, 0.1) is 12.7 Å². The van der Waals surface area contributed by atoms with Crippen LogP contribution < -0.4 is 9.80 Å². The van der Waals surface area contributed by atoms with Crippen LogP contribution in [0.15, 0.2) is 24.3 Å². The Bertz CT molecular complexity index is 801. The predicted molar refractivity (Wildman–Crippen MR) is 101 cm³/mol. The molecule has 1 aromatic carbocycles. The molecule has 26 heavy (non-hydrogen) atoms. The minimum atomic E-state index is -0.591. The van der Waals surface area contributed by atoms with Crippen LogP contribution in [0.1, 0.15) is 16.2 Å². The molecule has 1 aromatic heterocycles. The molecule has 8 heteroatoms. The van der Waals surface area contributed by atoms with Crippen LogP contribution in [-0.4, -0.2) is 61.0 Å². The summed E-state index contributed by atoms with van der Waals surface area (Å²) >= 11 is 6.01.